The Labute approximate surface area is 89.9 Å². The molecule has 4 nitrogen and oxygen atoms in total. The lowest BCUT2D eigenvalue weighted by Gasteiger charge is -2.24. The fourth-order valence-corrected chi connectivity index (χ4v) is 1.42. The summed E-state index contributed by atoms with van der Waals surface area (Å²) in [6, 6.07) is 0. The molecule has 0 bridgehead atoms. The molecule has 0 radical (unpaired) electrons. The molecule has 1 unspecified atom stereocenters. The molecule has 0 aliphatic rings. The normalized spacial score (nSPS) is 14.0. The van der Waals surface area contributed by atoms with Crippen molar-refractivity contribution in [3.8, 4) is 0 Å². The van der Waals surface area contributed by atoms with E-state index in [9.17, 15) is 9.90 Å². The number of Topliss-reactive ketones (excluding diaryl/α,β-unsaturated/α-hetero) is 1. The van der Waals surface area contributed by atoms with Gasteiger partial charge in [-0.05, 0) is 17.9 Å². The summed E-state index contributed by atoms with van der Waals surface area (Å²) in [6.45, 7) is 7.32. The highest BCUT2D eigenvalue weighted by Crippen LogP contribution is 2.23. The van der Waals surface area contributed by atoms with E-state index in [1.54, 1.807) is 13.2 Å². The molecule has 1 aromatic rings. The summed E-state index contributed by atoms with van der Waals surface area (Å²) in [5.74, 6) is -0.264. The lowest BCUT2D eigenvalue weighted by Crippen LogP contribution is -2.35. The smallest absolute Gasteiger partial charge is 0.209 e. The summed E-state index contributed by atoms with van der Waals surface area (Å²) >= 11 is 0. The van der Waals surface area contributed by atoms with Crippen molar-refractivity contribution in [3.63, 3.8) is 0 Å². The predicted octanol–water partition coefficient (Wildman–Crippen LogP) is 1.32. The fourth-order valence-electron chi connectivity index (χ4n) is 1.42. The number of hydrogen-bond donors (Lipinski definition) is 1. The SMILES string of the molecule is Cc1cnn(C)c1C(=O)C(O)C(C)(C)C. The first kappa shape index (κ1) is 11.9. The largest absolute Gasteiger partial charge is 0.384 e. The minimum atomic E-state index is -0.994. The van der Waals surface area contributed by atoms with Gasteiger partial charge in [0.25, 0.3) is 0 Å². The maximum absolute atomic E-state index is 12.0. The van der Waals surface area contributed by atoms with Crippen LogP contribution < -0.4 is 0 Å². The van der Waals surface area contributed by atoms with Crippen molar-refractivity contribution in [2.75, 3.05) is 0 Å². The van der Waals surface area contributed by atoms with Crippen LogP contribution in [-0.4, -0.2) is 26.8 Å². The lowest BCUT2D eigenvalue weighted by molar-refractivity contribution is 0.0432. The van der Waals surface area contributed by atoms with Crippen molar-refractivity contribution in [2.24, 2.45) is 12.5 Å². The van der Waals surface area contributed by atoms with E-state index in [1.165, 1.54) is 4.68 Å². The van der Waals surface area contributed by atoms with Crippen molar-refractivity contribution in [1.82, 2.24) is 9.78 Å². The first-order valence-electron chi connectivity index (χ1n) is 4.96. The molecule has 1 N–H and O–H groups in total. The van der Waals surface area contributed by atoms with Crippen molar-refractivity contribution in [3.05, 3.63) is 17.5 Å². The number of aromatic nitrogens is 2. The summed E-state index contributed by atoms with van der Waals surface area (Å²) < 4.78 is 1.51. The van der Waals surface area contributed by atoms with Crippen LogP contribution in [0.5, 0.6) is 0 Å². The Kier molecular flexibility index (Phi) is 3.00. The first-order valence-corrected chi connectivity index (χ1v) is 4.96. The molecule has 0 saturated heterocycles. The Morgan fingerprint density at radius 3 is 2.40 bits per heavy atom. The zero-order valence-electron chi connectivity index (χ0n) is 9.90. The van der Waals surface area contributed by atoms with E-state index < -0.39 is 11.5 Å². The van der Waals surface area contributed by atoms with Gasteiger partial charge in [0.15, 0.2) is 0 Å². The van der Waals surface area contributed by atoms with Gasteiger partial charge in [0.2, 0.25) is 5.78 Å². The number of hydrogen-bond acceptors (Lipinski definition) is 3. The van der Waals surface area contributed by atoms with Crippen LogP contribution in [0.1, 0.15) is 36.8 Å². The minimum absolute atomic E-state index is 0.264. The highest BCUT2D eigenvalue weighted by Gasteiger charge is 2.32. The van der Waals surface area contributed by atoms with Crippen LogP contribution in [0.25, 0.3) is 0 Å². The van der Waals surface area contributed by atoms with Gasteiger partial charge in [-0.15, -0.1) is 0 Å². The summed E-state index contributed by atoms with van der Waals surface area (Å²) in [6.07, 6.45) is 0.634. The van der Waals surface area contributed by atoms with Crippen molar-refractivity contribution in [1.29, 1.82) is 0 Å². The monoisotopic (exact) mass is 210 g/mol. The van der Waals surface area contributed by atoms with Crippen LogP contribution in [-0.2, 0) is 7.05 Å². The molecule has 0 spiro atoms. The molecular formula is C11H18N2O2. The maximum atomic E-state index is 12.0. The number of aryl methyl sites for hydroxylation is 2. The van der Waals surface area contributed by atoms with Gasteiger partial charge in [-0.3, -0.25) is 9.48 Å². The highest BCUT2D eigenvalue weighted by molar-refractivity contribution is 5.99. The summed E-state index contributed by atoms with van der Waals surface area (Å²) in [5.41, 5.74) is 0.830. The van der Waals surface area contributed by atoms with Crippen LogP contribution in [0.3, 0.4) is 0 Å². The highest BCUT2D eigenvalue weighted by atomic mass is 16.3. The second kappa shape index (κ2) is 3.77. The van der Waals surface area contributed by atoms with E-state index in [4.69, 9.17) is 0 Å². The van der Waals surface area contributed by atoms with Gasteiger partial charge in [-0.2, -0.15) is 5.10 Å². The van der Waals surface area contributed by atoms with Crippen LogP contribution in [0, 0.1) is 12.3 Å². The third-order valence-corrected chi connectivity index (χ3v) is 2.42. The molecule has 1 heterocycles. The van der Waals surface area contributed by atoms with Crippen molar-refractivity contribution < 1.29 is 9.90 Å². The molecule has 84 valence electrons. The molecule has 0 aromatic carbocycles. The molecule has 0 aliphatic carbocycles. The number of rotatable bonds is 2. The lowest BCUT2D eigenvalue weighted by atomic mass is 9.85. The molecule has 4 heteroatoms. The Hall–Kier alpha value is -1.16. The van der Waals surface area contributed by atoms with E-state index in [1.807, 2.05) is 27.7 Å². The van der Waals surface area contributed by atoms with Gasteiger partial charge in [-0.25, -0.2) is 0 Å². The fraction of sp³-hybridized carbons (Fsp3) is 0.636. The average Bonchev–Trinajstić information content (AvgIpc) is 2.42. The zero-order valence-corrected chi connectivity index (χ0v) is 9.90. The Bertz CT molecular complexity index is 355. The van der Waals surface area contributed by atoms with Gasteiger partial charge in [0.05, 0.1) is 6.20 Å². The number of nitrogens with zero attached hydrogens (tertiary/aromatic N) is 2. The van der Waals surface area contributed by atoms with Crippen LogP contribution in [0.2, 0.25) is 0 Å². The standard InChI is InChI=1S/C11H18N2O2/c1-7-6-12-13(5)8(7)9(14)10(15)11(2,3)4/h6,10,15H,1-5H3. The summed E-state index contributed by atoms with van der Waals surface area (Å²) in [4.78, 5) is 12.0. The number of carbonyl (C=O) groups excluding carboxylic acids is 1. The van der Waals surface area contributed by atoms with Crippen LogP contribution >= 0.6 is 0 Å². The van der Waals surface area contributed by atoms with Crippen molar-refractivity contribution >= 4 is 5.78 Å². The van der Waals surface area contributed by atoms with E-state index in [0.29, 0.717) is 5.69 Å². The number of ketones is 1. The molecule has 0 aliphatic heterocycles. The summed E-state index contributed by atoms with van der Waals surface area (Å²) in [7, 11) is 1.70. The molecule has 1 atom stereocenters. The van der Waals surface area contributed by atoms with E-state index in [2.05, 4.69) is 5.10 Å². The van der Waals surface area contributed by atoms with Gasteiger partial charge in [0.1, 0.15) is 11.8 Å². The van der Waals surface area contributed by atoms with E-state index >= 15 is 0 Å². The Morgan fingerprint density at radius 1 is 1.53 bits per heavy atom. The van der Waals surface area contributed by atoms with E-state index in [-0.39, 0.29) is 5.78 Å². The molecule has 15 heavy (non-hydrogen) atoms. The summed E-state index contributed by atoms with van der Waals surface area (Å²) in [5, 5.41) is 13.9. The van der Waals surface area contributed by atoms with Gasteiger partial charge < -0.3 is 5.11 Å². The maximum Gasteiger partial charge on any atom is 0.209 e. The van der Waals surface area contributed by atoms with Crippen LogP contribution in [0.4, 0.5) is 0 Å². The first-order chi connectivity index (χ1) is 6.75. The molecule has 0 fully saturated rings. The predicted molar refractivity (Wildman–Crippen MR) is 57.7 cm³/mol. The minimum Gasteiger partial charge on any atom is -0.384 e. The topological polar surface area (TPSA) is 55.1 Å². The van der Waals surface area contributed by atoms with E-state index in [0.717, 1.165) is 5.56 Å². The van der Waals surface area contributed by atoms with Gasteiger partial charge in [0, 0.05) is 7.05 Å². The molecule has 1 rings (SSSR count). The average molecular weight is 210 g/mol. The second-order valence-electron chi connectivity index (χ2n) is 4.93. The number of aliphatic hydroxyl groups is 1. The number of carbonyl (C=O) groups is 1. The third-order valence-electron chi connectivity index (χ3n) is 2.42. The molecular weight excluding hydrogens is 192 g/mol. The van der Waals surface area contributed by atoms with Crippen molar-refractivity contribution in [2.45, 2.75) is 33.8 Å². The van der Waals surface area contributed by atoms with Gasteiger partial charge >= 0.3 is 0 Å². The van der Waals surface area contributed by atoms with Gasteiger partial charge in [-0.1, -0.05) is 20.8 Å². The molecule has 0 amide bonds. The molecule has 1 aromatic heterocycles. The molecule has 0 saturated carbocycles. The van der Waals surface area contributed by atoms with Crippen LogP contribution in [0.15, 0.2) is 6.20 Å². The Balaban J connectivity index is 3.06. The Morgan fingerprint density at radius 2 is 2.07 bits per heavy atom. The third kappa shape index (κ3) is 2.26. The number of aliphatic hydroxyl groups excluding tert-OH is 1. The second-order valence-corrected chi connectivity index (χ2v) is 4.93. The quantitative estimate of drug-likeness (QED) is 0.749. The zero-order chi connectivity index (χ0) is 11.8.